The van der Waals surface area contributed by atoms with Gasteiger partial charge in [-0.3, -0.25) is 9.59 Å². The van der Waals surface area contributed by atoms with Crippen LogP contribution in [0, 0.1) is 0 Å². The van der Waals surface area contributed by atoms with Crippen molar-refractivity contribution in [2.45, 2.75) is 123 Å². The molecule has 1 unspecified atom stereocenters. The van der Waals surface area contributed by atoms with Crippen molar-refractivity contribution in [2.24, 2.45) is 5.73 Å². The lowest BCUT2D eigenvalue weighted by atomic mass is 10.1. The average molecular weight is 400 g/mol. The fourth-order valence-corrected chi connectivity index (χ4v) is 3.11. The molecule has 0 aliphatic heterocycles. The lowest BCUT2D eigenvalue weighted by molar-refractivity contribution is -0.158. The first-order valence-corrected chi connectivity index (χ1v) is 11.7. The van der Waals surface area contributed by atoms with Gasteiger partial charge < -0.3 is 15.2 Å². The Morgan fingerprint density at radius 3 is 1.57 bits per heavy atom. The van der Waals surface area contributed by atoms with Gasteiger partial charge in [0.05, 0.1) is 0 Å². The normalized spacial score (nSPS) is 12.0. The molecule has 0 heterocycles. The first kappa shape index (κ1) is 26.9. The maximum Gasteiger partial charge on any atom is 0.306 e. The summed E-state index contributed by atoms with van der Waals surface area (Å²) >= 11 is 0. The molecule has 5 heteroatoms. The van der Waals surface area contributed by atoms with Gasteiger partial charge in [0, 0.05) is 19.4 Å². The number of hydrogen-bond donors (Lipinski definition) is 1. The molecule has 1 atom stereocenters. The van der Waals surface area contributed by atoms with Crippen LogP contribution in [0.4, 0.5) is 0 Å². The van der Waals surface area contributed by atoms with Crippen molar-refractivity contribution < 1.29 is 19.1 Å². The molecule has 0 fully saturated rings. The summed E-state index contributed by atoms with van der Waals surface area (Å²) in [4.78, 5) is 23.7. The highest BCUT2D eigenvalue weighted by Crippen LogP contribution is 2.10. The van der Waals surface area contributed by atoms with E-state index in [-0.39, 0.29) is 25.1 Å². The van der Waals surface area contributed by atoms with E-state index in [2.05, 4.69) is 13.8 Å². The van der Waals surface area contributed by atoms with Crippen LogP contribution >= 0.6 is 0 Å². The number of esters is 2. The largest absolute Gasteiger partial charge is 0.462 e. The number of unbranched alkanes of at least 4 members (excludes halogenated alkanes) is 12. The number of rotatable bonds is 20. The van der Waals surface area contributed by atoms with Crippen LogP contribution in [0.5, 0.6) is 0 Å². The minimum atomic E-state index is -0.532. The summed E-state index contributed by atoms with van der Waals surface area (Å²) in [7, 11) is 0. The first-order valence-electron chi connectivity index (χ1n) is 11.7. The van der Waals surface area contributed by atoms with Gasteiger partial charge in [0.15, 0.2) is 0 Å². The maximum absolute atomic E-state index is 11.9. The van der Waals surface area contributed by atoms with Crippen LogP contribution in [0.15, 0.2) is 0 Å². The molecule has 0 amide bonds. The quantitative estimate of drug-likeness (QED) is 0.210. The van der Waals surface area contributed by atoms with Crippen LogP contribution in [0.3, 0.4) is 0 Å². The zero-order valence-electron chi connectivity index (χ0n) is 18.5. The van der Waals surface area contributed by atoms with Crippen molar-refractivity contribution in [1.82, 2.24) is 0 Å². The third kappa shape index (κ3) is 18.3. The molecule has 5 nitrogen and oxygen atoms in total. The third-order valence-electron chi connectivity index (χ3n) is 4.96. The van der Waals surface area contributed by atoms with E-state index in [1.165, 1.54) is 64.2 Å². The lowest BCUT2D eigenvalue weighted by Crippen LogP contribution is -2.32. The Morgan fingerprint density at radius 1 is 0.679 bits per heavy atom. The summed E-state index contributed by atoms with van der Waals surface area (Å²) in [5.41, 5.74) is 5.64. The van der Waals surface area contributed by atoms with Crippen LogP contribution in [0.2, 0.25) is 0 Å². The topological polar surface area (TPSA) is 78.6 Å². The summed E-state index contributed by atoms with van der Waals surface area (Å²) < 4.78 is 10.6. The van der Waals surface area contributed by atoms with E-state index in [9.17, 15) is 9.59 Å². The smallest absolute Gasteiger partial charge is 0.306 e. The highest BCUT2D eigenvalue weighted by Gasteiger charge is 2.15. The second-order valence-corrected chi connectivity index (χ2v) is 7.77. The Hall–Kier alpha value is -1.10. The highest BCUT2D eigenvalue weighted by molar-refractivity contribution is 5.70. The Kier molecular flexibility index (Phi) is 19.8. The van der Waals surface area contributed by atoms with Gasteiger partial charge in [-0.25, -0.2) is 0 Å². The number of carbonyl (C=O) groups is 2. The molecule has 0 saturated heterocycles. The molecule has 0 rings (SSSR count). The van der Waals surface area contributed by atoms with Crippen molar-refractivity contribution >= 4 is 11.9 Å². The minimum Gasteiger partial charge on any atom is -0.462 e. The standard InChI is InChI=1S/C23H45NO4/c1-3-5-7-9-11-13-15-17-22(25)27-20-21(19-24)28-23(26)18-16-14-12-10-8-6-4-2/h21H,3-20,24H2,1-2H3. The number of carbonyl (C=O) groups excluding carboxylic acids is 2. The Labute approximate surface area is 173 Å². The van der Waals surface area contributed by atoms with E-state index in [1.807, 2.05) is 0 Å². The molecule has 0 saturated carbocycles. The zero-order valence-corrected chi connectivity index (χ0v) is 18.5. The van der Waals surface area contributed by atoms with Crippen molar-refractivity contribution in [2.75, 3.05) is 13.2 Å². The number of hydrogen-bond acceptors (Lipinski definition) is 5. The molecule has 0 aliphatic carbocycles. The lowest BCUT2D eigenvalue weighted by Gasteiger charge is -2.16. The molecule has 0 aliphatic rings. The first-order chi connectivity index (χ1) is 13.6. The van der Waals surface area contributed by atoms with Crippen molar-refractivity contribution in [1.29, 1.82) is 0 Å². The minimum absolute atomic E-state index is 0.0641. The predicted octanol–water partition coefficient (Wildman–Crippen LogP) is 5.68. The SMILES string of the molecule is CCCCCCCCCC(=O)OCC(CN)OC(=O)CCCCCCCCC. The van der Waals surface area contributed by atoms with Gasteiger partial charge in [-0.2, -0.15) is 0 Å². The van der Waals surface area contributed by atoms with E-state index in [0.717, 1.165) is 25.7 Å². The van der Waals surface area contributed by atoms with E-state index in [1.54, 1.807) is 0 Å². The van der Waals surface area contributed by atoms with Crippen LogP contribution in [-0.4, -0.2) is 31.2 Å². The zero-order chi connectivity index (χ0) is 20.9. The molecule has 0 spiro atoms. The molecule has 0 aromatic carbocycles. The van der Waals surface area contributed by atoms with Crippen LogP contribution in [-0.2, 0) is 19.1 Å². The second kappa shape index (κ2) is 20.6. The molecule has 0 aromatic heterocycles. The third-order valence-corrected chi connectivity index (χ3v) is 4.96. The van der Waals surface area contributed by atoms with E-state index in [0.29, 0.717) is 12.8 Å². The van der Waals surface area contributed by atoms with E-state index < -0.39 is 6.10 Å². The van der Waals surface area contributed by atoms with Crippen LogP contribution in [0.1, 0.15) is 117 Å². The van der Waals surface area contributed by atoms with Gasteiger partial charge in [-0.05, 0) is 12.8 Å². The number of nitrogens with two attached hydrogens (primary N) is 1. The van der Waals surface area contributed by atoms with Gasteiger partial charge in [0.1, 0.15) is 12.7 Å². The molecule has 2 N–H and O–H groups in total. The summed E-state index contributed by atoms with van der Waals surface area (Å²) in [6.45, 7) is 4.65. The molecular weight excluding hydrogens is 354 g/mol. The maximum atomic E-state index is 11.9. The monoisotopic (exact) mass is 399 g/mol. The summed E-state index contributed by atoms with van der Waals surface area (Å²) in [6, 6.07) is 0. The molecule has 166 valence electrons. The van der Waals surface area contributed by atoms with Gasteiger partial charge >= 0.3 is 11.9 Å². The Bertz CT molecular complexity index is 374. The highest BCUT2D eigenvalue weighted by atomic mass is 16.6. The van der Waals surface area contributed by atoms with Gasteiger partial charge in [-0.15, -0.1) is 0 Å². The predicted molar refractivity (Wildman–Crippen MR) is 115 cm³/mol. The number of ether oxygens (including phenoxy) is 2. The summed E-state index contributed by atoms with van der Waals surface area (Å²) in [5.74, 6) is -0.470. The van der Waals surface area contributed by atoms with Crippen molar-refractivity contribution in [3.05, 3.63) is 0 Å². The van der Waals surface area contributed by atoms with Gasteiger partial charge in [0.2, 0.25) is 0 Å². The molecule has 0 aromatic rings. The molecule has 28 heavy (non-hydrogen) atoms. The average Bonchev–Trinajstić information content (AvgIpc) is 2.69. The van der Waals surface area contributed by atoms with Gasteiger partial charge in [0.25, 0.3) is 0 Å². The van der Waals surface area contributed by atoms with Crippen LogP contribution in [0.25, 0.3) is 0 Å². The van der Waals surface area contributed by atoms with Crippen molar-refractivity contribution in [3.8, 4) is 0 Å². The van der Waals surface area contributed by atoms with E-state index >= 15 is 0 Å². The molecule has 0 radical (unpaired) electrons. The second-order valence-electron chi connectivity index (χ2n) is 7.77. The molecule has 0 bridgehead atoms. The fourth-order valence-electron chi connectivity index (χ4n) is 3.11. The van der Waals surface area contributed by atoms with E-state index in [4.69, 9.17) is 15.2 Å². The fraction of sp³-hybridized carbons (Fsp3) is 0.913. The van der Waals surface area contributed by atoms with Crippen LogP contribution < -0.4 is 5.73 Å². The Balaban J connectivity index is 3.67. The Morgan fingerprint density at radius 2 is 1.11 bits per heavy atom. The van der Waals surface area contributed by atoms with Crippen molar-refractivity contribution in [3.63, 3.8) is 0 Å². The molecular formula is C23H45NO4. The van der Waals surface area contributed by atoms with Gasteiger partial charge in [-0.1, -0.05) is 90.9 Å². The summed E-state index contributed by atoms with van der Waals surface area (Å²) in [5, 5.41) is 0. The summed E-state index contributed by atoms with van der Waals surface area (Å²) in [6.07, 6.45) is 16.6.